The Hall–Kier alpha value is -1.33. The molecule has 0 bridgehead atoms. The van der Waals surface area contributed by atoms with Gasteiger partial charge >= 0.3 is 0 Å². The second kappa shape index (κ2) is 4.74. The third kappa shape index (κ3) is 2.28. The third-order valence-corrected chi connectivity index (χ3v) is 4.14. The molecular weight excluding hydrogens is 272 g/mol. The van der Waals surface area contributed by atoms with Crippen LogP contribution in [0.1, 0.15) is 34.0 Å². The first-order chi connectivity index (χ1) is 8.72. The molecule has 4 nitrogen and oxygen atoms in total. The number of halogens is 1. The molecule has 1 amide bonds. The maximum atomic E-state index is 11.8. The zero-order valence-electron chi connectivity index (χ0n) is 9.53. The number of furan rings is 1. The monoisotopic (exact) mass is 282 g/mol. The van der Waals surface area contributed by atoms with Gasteiger partial charge in [0.05, 0.1) is 5.69 Å². The van der Waals surface area contributed by atoms with Crippen molar-refractivity contribution in [3.63, 3.8) is 0 Å². The highest BCUT2D eigenvalue weighted by molar-refractivity contribution is 7.15. The zero-order chi connectivity index (χ0) is 12.5. The molecule has 0 saturated carbocycles. The molecule has 0 spiro atoms. The molecule has 0 saturated heterocycles. The number of carbonyl (C=O) groups excluding carboxylic acids is 1. The molecule has 6 heteroatoms. The molecule has 0 aromatic carbocycles. The minimum absolute atomic E-state index is 0.202. The lowest BCUT2D eigenvalue weighted by molar-refractivity contribution is 0.0997. The van der Waals surface area contributed by atoms with Crippen molar-refractivity contribution in [3.05, 3.63) is 33.7 Å². The number of hydrogen-bond donors (Lipinski definition) is 1. The van der Waals surface area contributed by atoms with E-state index in [9.17, 15) is 4.79 Å². The summed E-state index contributed by atoms with van der Waals surface area (Å²) in [4.78, 5) is 17.6. The fourth-order valence-corrected chi connectivity index (χ4v) is 3.19. The molecule has 2 aromatic rings. The van der Waals surface area contributed by atoms with Crippen LogP contribution >= 0.6 is 22.9 Å². The molecule has 0 atom stereocenters. The normalized spacial score (nSPS) is 14.3. The van der Waals surface area contributed by atoms with Crippen molar-refractivity contribution in [2.45, 2.75) is 25.7 Å². The van der Waals surface area contributed by atoms with Gasteiger partial charge in [0.15, 0.2) is 16.1 Å². The maximum absolute atomic E-state index is 11.8. The second-order valence-electron chi connectivity index (χ2n) is 4.15. The highest BCUT2D eigenvalue weighted by atomic mass is 35.5. The van der Waals surface area contributed by atoms with E-state index in [4.69, 9.17) is 16.0 Å². The van der Waals surface area contributed by atoms with Gasteiger partial charge in [-0.05, 0) is 49.4 Å². The van der Waals surface area contributed by atoms with Gasteiger partial charge in [0, 0.05) is 4.88 Å². The van der Waals surface area contributed by atoms with Crippen LogP contribution < -0.4 is 5.32 Å². The van der Waals surface area contributed by atoms with Gasteiger partial charge in [-0.2, -0.15) is 0 Å². The van der Waals surface area contributed by atoms with Crippen molar-refractivity contribution >= 4 is 34.0 Å². The van der Waals surface area contributed by atoms with Gasteiger partial charge < -0.3 is 4.42 Å². The van der Waals surface area contributed by atoms with Crippen molar-refractivity contribution in [3.8, 4) is 0 Å². The smallest absolute Gasteiger partial charge is 0.293 e. The molecule has 1 N–H and O–H groups in total. The summed E-state index contributed by atoms with van der Waals surface area (Å²) >= 11 is 7.18. The summed E-state index contributed by atoms with van der Waals surface area (Å²) in [6.45, 7) is 0. The molecule has 2 heterocycles. The summed E-state index contributed by atoms with van der Waals surface area (Å²) in [6.07, 6.45) is 4.46. The average molecular weight is 283 g/mol. The first-order valence-electron chi connectivity index (χ1n) is 5.77. The number of nitrogens with one attached hydrogen (secondary N) is 1. The predicted octanol–water partition coefficient (Wildman–Crippen LogP) is 3.52. The van der Waals surface area contributed by atoms with E-state index in [0.29, 0.717) is 5.13 Å². The Bertz CT molecular complexity index is 567. The summed E-state index contributed by atoms with van der Waals surface area (Å²) in [6, 6.07) is 3.09. The number of hydrogen-bond acceptors (Lipinski definition) is 4. The SMILES string of the molecule is O=C(Nc1nc2c(s1)CCCC2)c1ccc(Cl)o1. The quantitative estimate of drug-likeness (QED) is 0.917. The van der Waals surface area contributed by atoms with E-state index in [2.05, 4.69) is 10.3 Å². The minimum atomic E-state index is -0.312. The number of thiazole rings is 1. The van der Waals surface area contributed by atoms with Gasteiger partial charge in [-0.15, -0.1) is 11.3 Å². The van der Waals surface area contributed by atoms with Crippen molar-refractivity contribution in [1.82, 2.24) is 4.98 Å². The van der Waals surface area contributed by atoms with Gasteiger partial charge in [0.25, 0.3) is 5.91 Å². The standard InChI is InChI=1S/C12H11ClN2O2S/c13-10-6-5-8(17-10)11(16)15-12-14-7-3-1-2-4-9(7)18-12/h5-6H,1-4H2,(H,14,15,16). The van der Waals surface area contributed by atoms with Crippen molar-refractivity contribution in [1.29, 1.82) is 0 Å². The second-order valence-corrected chi connectivity index (χ2v) is 5.61. The first-order valence-corrected chi connectivity index (χ1v) is 6.97. The molecule has 0 aliphatic heterocycles. The van der Waals surface area contributed by atoms with Gasteiger partial charge in [0.1, 0.15) is 0 Å². The topological polar surface area (TPSA) is 55.1 Å². The highest BCUT2D eigenvalue weighted by Gasteiger charge is 2.18. The summed E-state index contributed by atoms with van der Waals surface area (Å²) in [5.74, 6) is -0.110. The van der Waals surface area contributed by atoms with Crippen molar-refractivity contribution < 1.29 is 9.21 Å². The van der Waals surface area contributed by atoms with Gasteiger partial charge in [0.2, 0.25) is 0 Å². The van der Waals surface area contributed by atoms with Crippen LogP contribution in [0.15, 0.2) is 16.5 Å². The molecule has 1 aliphatic carbocycles. The molecule has 18 heavy (non-hydrogen) atoms. The van der Waals surface area contributed by atoms with E-state index in [0.717, 1.165) is 18.5 Å². The lowest BCUT2D eigenvalue weighted by Gasteiger charge is -2.06. The Kier molecular flexibility index (Phi) is 3.09. The van der Waals surface area contributed by atoms with E-state index in [1.807, 2.05) is 0 Å². The minimum Gasteiger partial charge on any atom is -0.440 e. The van der Waals surface area contributed by atoms with Crippen LogP contribution in [-0.4, -0.2) is 10.9 Å². The highest BCUT2D eigenvalue weighted by Crippen LogP contribution is 2.29. The van der Waals surface area contributed by atoms with Crippen LogP contribution in [0.3, 0.4) is 0 Å². The molecule has 0 radical (unpaired) electrons. The number of aromatic nitrogens is 1. The zero-order valence-corrected chi connectivity index (χ0v) is 11.1. The van der Waals surface area contributed by atoms with E-state index < -0.39 is 0 Å². The molecule has 1 aliphatic rings. The van der Waals surface area contributed by atoms with E-state index in [1.165, 1.54) is 17.7 Å². The van der Waals surface area contributed by atoms with E-state index >= 15 is 0 Å². The van der Waals surface area contributed by atoms with E-state index in [-0.39, 0.29) is 16.9 Å². The number of aryl methyl sites for hydroxylation is 2. The molecule has 2 aromatic heterocycles. The maximum Gasteiger partial charge on any atom is 0.293 e. The average Bonchev–Trinajstić information content (AvgIpc) is 2.94. The first kappa shape index (κ1) is 11.7. The van der Waals surface area contributed by atoms with Crippen LogP contribution in [-0.2, 0) is 12.8 Å². The Morgan fingerprint density at radius 1 is 1.39 bits per heavy atom. The van der Waals surface area contributed by atoms with Crippen LogP contribution in [0.2, 0.25) is 5.22 Å². The largest absolute Gasteiger partial charge is 0.440 e. The number of anilines is 1. The Balaban J connectivity index is 1.76. The number of rotatable bonds is 2. The van der Waals surface area contributed by atoms with Crippen LogP contribution in [0, 0.1) is 0 Å². The Morgan fingerprint density at radius 2 is 2.22 bits per heavy atom. The molecule has 0 fully saturated rings. The summed E-state index contributed by atoms with van der Waals surface area (Å²) in [7, 11) is 0. The van der Waals surface area contributed by atoms with Gasteiger partial charge in [-0.25, -0.2) is 4.98 Å². The lowest BCUT2D eigenvalue weighted by atomic mass is 10.0. The molecular formula is C12H11ClN2O2S. The van der Waals surface area contributed by atoms with Gasteiger partial charge in [-0.1, -0.05) is 0 Å². The fraction of sp³-hybridized carbons (Fsp3) is 0.333. The number of nitrogens with zero attached hydrogens (tertiary/aromatic N) is 1. The molecule has 3 rings (SSSR count). The van der Waals surface area contributed by atoms with Gasteiger partial charge in [-0.3, -0.25) is 10.1 Å². The fourth-order valence-electron chi connectivity index (χ4n) is 2.00. The summed E-state index contributed by atoms with van der Waals surface area (Å²) in [5.41, 5.74) is 1.12. The summed E-state index contributed by atoms with van der Waals surface area (Å²) < 4.78 is 5.05. The molecule has 0 unspecified atom stereocenters. The van der Waals surface area contributed by atoms with Crippen molar-refractivity contribution in [2.75, 3.05) is 5.32 Å². The Morgan fingerprint density at radius 3 is 2.94 bits per heavy atom. The van der Waals surface area contributed by atoms with E-state index in [1.54, 1.807) is 23.5 Å². The summed E-state index contributed by atoms with van der Waals surface area (Å²) in [5, 5.41) is 3.59. The Labute approximate surface area is 113 Å². The molecule has 94 valence electrons. The number of fused-ring (bicyclic) bond motifs is 1. The van der Waals surface area contributed by atoms with Crippen molar-refractivity contribution in [2.24, 2.45) is 0 Å². The predicted molar refractivity (Wildman–Crippen MR) is 70.4 cm³/mol. The lowest BCUT2D eigenvalue weighted by Crippen LogP contribution is -2.10. The number of amides is 1. The van der Waals surface area contributed by atoms with Crippen LogP contribution in [0.4, 0.5) is 5.13 Å². The van der Waals surface area contributed by atoms with Crippen LogP contribution in [0.25, 0.3) is 0 Å². The van der Waals surface area contributed by atoms with Crippen LogP contribution in [0.5, 0.6) is 0 Å². The third-order valence-electron chi connectivity index (χ3n) is 2.86. The number of carbonyl (C=O) groups is 1.